The average molecular weight is 175 g/mol. The van der Waals surface area contributed by atoms with E-state index >= 15 is 0 Å². The first-order valence-corrected chi connectivity index (χ1v) is 4.42. The Morgan fingerprint density at radius 2 is 2.00 bits per heavy atom. The van der Waals surface area contributed by atoms with Crippen molar-refractivity contribution >= 4 is 6.21 Å². The van der Waals surface area contributed by atoms with Gasteiger partial charge in [0.15, 0.2) is 0 Å². The standard InChI is InChI=1S/C12H17N/c1-5-7-8-9-11(3)12(4)13-10-6-2/h5,7-10H,3-4,6H2,1-2H3/b7-5?,9-8-,13-10?. The molecule has 0 atom stereocenters. The van der Waals surface area contributed by atoms with Crippen LogP contribution in [-0.2, 0) is 0 Å². The van der Waals surface area contributed by atoms with Gasteiger partial charge in [0.05, 0.1) is 5.70 Å². The van der Waals surface area contributed by atoms with Gasteiger partial charge in [0.1, 0.15) is 0 Å². The molecule has 0 aliphatic carbocycles. The van der Waals surface area contributed by atoms with Crippen molar-refractivity contribution in [2.75, 3.05) is 0 Å². The highest BCUT2D eigenvalue weighted by molar-refractivity contribution is 5.60. The molecule has 1 nitrogen and oxygen atoms in total. The van der Waals surface area contributed by atoms with Gasteiger partial charge in [-0.25, -0.2) is 0 Å². The van der Waals surface area contributed by atoms with Gasteiger partial charge in [-0.1, -0.05) is 44.4 Å². The largest absolute Gasteiger partial charge is 0.261 e. The molecule has 0 N–H and O–H groups in total. The molecule has 1 heteroatoms. The normalized spacial score (nSPS) is 11.8. The fourth-order valence-corrected chi connectivity index (χ4v) is 0.663. The quantitative estimate of drug-likeness (QED) is 0.446. The summed E-state index contributed by atoms with van der Waals surface area (Å²) >= 11 is 0. The van der Waals surface area contributed by atoms with Crippen LogP contribution in [0, 0.1) is 0 Å². The topological polar surface area (TPSA) is 12.4 Å². The Kier molecular flexibility index (Phi) is 6.52. The van der Waals surface area contributed by atoms with Gasteiger partial charge in [0, 0.05) is 6.21 Å². The fourth-order valence-electron chi connectivity index (χ4n) is 0.663. The number of allylic oxidation sites excluding steroid dienone is 4. The van der Waals surface area contributed by atoms with E-state index in [1.165, 1.54) is 0 Å². The SMILES string of the molecule is C=C(/C=C\C=CC)C(=C)N=CCC. The molecule has 0 aliphatic heterocycles. The zero-order chi connectivity index (χ0) is 10.1. The molecule has 0 aromatic rings. The van der Waals surface area contributed by atoms with E-state index < -0.39 is 0 Å². The summed E-state index contributed by atoms with van der Waals surface area (Å²) in [5.74, 6) is 0. The smallest absolute Gasteiger partial charge is 0.0620 e. The van der Waals surface area contributed by atoms with Gasteiger partial charge in [-0.2, -0.15) is 0 Å². The van der Waals surface area contributed by atoms with Gasteiger partial charge < -0.3 is 0 Å². The molecule has 0 saturated heterocycles. The Bertz CT molecular complexity index is 254. The van der Waals surface area contributed by atoms with Crippen molar-refractivity contribution in [2.45, 2.75) is 20.3 Å². The van der Waals surface area contributed by atoms with Gasteiger partial charge in [-0.05, 0) is 18.9 Å². The summed E-state index contributed by atoms with van der Waals surface area (Å²) in [5.41, 5.74) is 1.57. The summed E-state index contributed by atoms with van der Waals surface area (Å²) in [5, 5.41) is 0. The van der Waals surface area contributed by atoms with Crippen molar-refractivity contribution in [3.63, 3.8) is 0 Å². The molecule has 0 aromatic heterocycles. The second-order valence-corrected chi connectivity index (χ2v) is 2.58. The zero-order valence-electron chi connectivity index (χ0n) is 8.46. The molecular weight excluding hydrogens is 158 g/mol. The minimum atomic E-state index is 0.725. The van der Waals surface area contributed by atoms with Crippen LogP contribution in [0.25, 0.3) is 0 Å². The fraction of sp³-hybridized carbons (Fsp3) is 0.250. The van der Waals surface area contributed by atoms with E-state index in [0.717, 1.165) is 17.7 Å². The highest BCUT2D eigenvalue weighted by Gasteiger charge is 1.90. The number of hydrogen-bond donors (Lipinski definition) is 0. The molecule has 0 rings (SSSR count). The Morgan fingerprint density at radius 1 is 1.31 bits per heavy atom. The highest BCUT2D eigenvalue weighted by atomic mass is 14.7. The van der Waals surface area contributed by atoms with Crippen LogP contribution < -0.4 is 0 Å². The molecule has 0 saturated carbocycles. The second-order valence-electron chi connectivity index (χ2n) is 2.58. The van der Waals surface area contributed by atoms with E-state index in [1.807, 2.05) is 44.4 Å². The lowest BCUT2D eigenvalue weighted by Gasteiger charge is -1.96. The van der Waals surface area contributed by atoms with Crippen LogP contribution in [0.3, 0.4) is 0 Å². The molecule has 0 amide bonds. The first-order valence-electron chi connectivity index (χ1n) is 4.42. The van der Waals surface area contributed by atoms with Crippen molar-refractivity contribution in [1.82, 2.24) is 0 Å². The summed E-state index contributed by atoms with van der Waals surface area (Å²) in [7, 11) is 0. The van der Waals surface area contributed by atoms with Crippen LogP contribution in [0.1, 0.15) is 20.3 Å². The van der Waals surface area contributed by atoms with Gasteiger partial charge >= 0.3 is 0 Å². The third-order valence-corrected chi connectivity index (χ3v) is 1.40. The van der Waals surface area contributed by atoms with Crippen LogP contribution in [0.5, 0.6) is 0 Å². The maximum Gasteiger partial charge on any atom is 0.0620 e. The van der Waals surface area contributed by atoms with Crippen LogP contribution in [0.4, 0.5) is 0 Å². The molecular formula is C12H17N. The molecule has 0 aromatic carbocycles. The number of rotatable bonds is 5. The van der Waals surface area contributed by atoms with Crippen molar-refractivity contribution in [3.05, 3.63) is 48.7 Å². The molecule has 13 heavy (non-hydrogen) atoms. The van der Waals surface area contributed by atoms with Crippen molar-refractivity contribution in [3.8, 4) is 0 Å². The molecule has 70 valence electrons. The minimum absolute atomic E-state index is 0.725. The van der Waals surface area contributed by atoms with Gasteiger partial charge in [-0.3, -0.25) is 4.99 Å². The Hall–Kier alpha value is -1.37. The van der Waals surface area contributed by atoms with E-state index in [-0.39, 0.29) is 0 Å². The Balaban J connectivity index is 4.12. The number of aliphatic imine (C=N–C) groups is 1. The van der Waals surface area contributed by atoms with Crippen LogP contribution >= 0.6 is 0 Å². The van der Waals surface area contributed by atoms with Crippen LogP contribution in [0.2, 0.25) is 0 Å². The number of hydrogen-bond acceptors (Lipinski definition) is 1. The minimum Gasteiger partial charge on any atom is -0.261 e. The predicted octanol–water partition coefficient (Wildman–Crippen LogP) is 3.67. The maximum absolute atomic E-state index is 4.13. The van der Waals surface area contributed by atoms with Crippen LogP contribution in [-0.4, -0.2) is 6.21 Å². The molecule has 0 fully saturated rings. The van der Waals surface area contributed by atoms with Gasteiger partial charge in [0.2, 0.25) is 0 Å². The Morgan fingerprint density at radius 3 is 2.54 bits per heavy atom. The molecule has 0 spiro atoms. The van der Waals surface area contributed by atoms with E-state index in [4.69, 9.17) is 0 Å². The lowest BCUT2D eigenvalue weighted by Crippen LogP contribution is -1.79. The number of nitrogens with zero attached hydrogens (tertiary/aromatic N) is 1. The molecule has 0 bridgehead atoms. The molecule has 0 radical (unpaired) electrons. The monoisotopic (exact) mass is 175 g/mol. The van der Waals surface area contributed by atoms with E-state index in [1.54, 1.807) is 0 Å². The highest BCUT2D eigenvalue weighted by Crippen LogP contribution is 2.07. The third-order valence-electron chi connectivity index (χ3n) is 1.40. The predicted molar refractivity (Wildman–Crippen MR) is 61.0 cm³/mol. The first-order chi connectivity index (χ1) is 6.22. The van der Waals surface area contributed by atoms with E-state index in [0.29, 0.717) is 0 Å². The third kappa shape index (κ3) is 5.85. The summed E-state index contributed by atoms with van der Waals surface area (Å²) in [6.07, 6.45) is 10.5. The zero-order valence-corrected chi connectivity index (χ0v) is 8.46. The summed E-state index contributed by atoms with van der Waals surface area (Å²) in [6, 6.07) is 0. The molecule has 0 unspecified atom stereocenters. The lowest BCUT2D eigenvalue weighted by molar-refractivity contribution is 1.28. The van der Waals surface area contributed by atoms with E-state index in [2.05, 4.69) is 18.2 Å². The summed E-state index contributed by atoms with van der Waals surface area (Å²) in [6.45, 7) is 11.6. The van der Waals surface area contributed by atoms with Crippen molar-refractivity contribution < 1.29 is 0 Å². The summed E-state index contributed by atoms with van der Waals surface area (Å²) < 4.78 is 0. The molecule has 0 aliphatic rings. The van der Waals surface area contributed by atoms with Gasteiger partial charge in [-0.15, -0.1) is 0 Å². The lowest BCUT2D eigenvalue weighted by atomic mass is 10.2. The average Bonchev–Trinajstić information content (AvgIpc) is 2.14. The second kappa shape index (κ2) is 7.29. The van der Waals surface area contributed by atoms with E-state index in [9.17, 15) is 0 Å². The first kappa shape index (κ1) is 11.6. The summed E-state index contributed by atoms with van der Waals surface area (Å²) in [4.78, 5) is 4.13. The van der Waals surface area contributed by atoms with Gasteiger partial charge in [0.25, 0.3) is 0 Å². The van der Waals surface area contributed by atoms with Crippen molar-refractivity contribution in [2.24, 2.45) is 4.99 Å². The molecule has 0 heterocycles. The van der Waals surface area contributed by atoms with Crippen molar-refractivity contribution in [1.29, 1.82) is 0 Å². The maximum atomic E-state index is 4.13. The Labute approximate surface area is 80.9 Å². The van der Waals surface area contributed by atoms with Crippen LogP contribution in [0.15, 0.2) is 53.7 Å².